The number of esters is 1. The van der Waals surface area contributed by atoms with Crippen LogP contribution in [0.1, 0.15) is 29.9 Å². The van der Waals surface area contributed by atoms with Gasteiger partial charge in [-0.15, -0.1) is 0 Å². The van der Waals surface area contributed by atoms with Crippen molar-refractivity contribution in [1.29, 1.82) is 0 Å². The highest BCUT2D eigenvalue weighted by Gasteiger charge is 2.29. The summed E-state index contributed by atoms with van der Waals surface area (Å²) in [6, 6.07) is 20.6. The molecule has 0 aliphatic carbocycles. The summed E-state index contributed by atoms with van der Waals surface area (Å²) in [5.74, 6) is -0.109. The minimum Gasteiger partial charge on any atom is -0.476 e. The molecule has 0 atom stereocenters. The van der Waals surface area contributed by atoms with Crippen LogP contribution >= 0.6 is 0 Å². The Bertz CT molecular complexity index is 1370. The zero-order chi connectivity index (χ0) is 25.0. The number of carbonyl (C=O) groups is 2. The lowest BCUT2D eigenvalue weighted by molar-refractivity contribution is -0.152. The molecule has 2 aromatic heterocycles. The summed E-state index contributed by atoms with van der Waals surface area (Å²) in [7, 11) is 1.36. The number of para-hydroxylation sites is 1. The van der Waals surface area contributed by atoms with Crippen molar-refractivity contribution in [3.8, 4) is 17.0 Å². The molecule has 35 heavy (non-hydrogen) atoms. The van der Waals surface area contributed by atoms with Gasteiger partial charge in [-0.1, -0.05) is 30.3 Å². The first-order chi connectivity index (χ1) is 16.8. The fraction of sp³-hybridized carbons (Fsp3) is 0.214. The van der Waals surface area contributed by atoms with Crippen LogP contribution in [0, 0.1) is 12.3 Å². The second kappa shape index (κ2) is 9.93. The van der Waals surface area contributed by atoms with Gasteiger partial charge in [0.05, 0.1) is 23.6 Å². The number of carbonyl (C=O) groups excluding carboxylic acids is 2. The van der Waals surface area contributed by atoms with Crippen molar-refractivity contribution in [2.75, 3.05) is 19.0 Å². The molecule has 0 aliphatic rings. The Labute approximate surface area is 204 Å². The van der Waals surface area contributed by atoms with Crippen LogP contribution in [0.5, 0.6) is 5.88 Å². The third-order valence-corrected chi connectivity index (χ3v) is 5.60. The lowest BCUT2D eigenvalue weighted by Gasteiger charge is -2.21. The number of methoxy groups -OCH3 is 1. The van der Waals surface area contributed by atoms with E-state index in [0.717, 1.165) is 33.4 Å². The molecule has 178 valence electrons. The number of nitrogens with zero attached hydrogens (tertiary/aromatic N) is 2. The fourth-order valence-corrected chi connectivity index (χ4v) is 3.67. The molecule has 0 fully saturated rings. The van der Waals surface area contributed by atoms with Crippen LogP contribution in [0.4, 0.5) is 5.69 Å². The van der Waals surface area contributed by atoms with Gasteiger partial charge in [-0.25, -0.2) is 4.98 Å². The molecule has 0 bridgehead atoms. The van der Waals surface area contributed by atoms with Crippen molar-refractivity contribution in [2.45, 2.75) is 20.8 Å². The quantitative estimate of drug-likeness (QED) is 0.363. The molecule has 7 nitrogen and oxygen atoms in total. The van der Waals surface area contributed by atoms with E-state index in [1.54, 1.807) is 32.2 Å². The largest absolute Gasteiger partial charge is 0.476 e. The van der Waals surface area contributed by atoms with Crippen molar-refractivity contribution in [3.63, 3.8) is 0 Å². The first-order valence-corrected chi connectivity index (χ1v) is 11.2. The maximum atomic E-state index is 13.0. The highest BCUT2D eigenvalue weighted by Crippen LogP contribution is 2.27. The summed E-state index contributed by atoms with van der Waals surface area (Å²) in [6.45, 7) is 5.53. The highest BCUT2D eigenvalue weighted by atomic mass is 16.5. The molecular formula is C28H27N3O4. The molecule has 0 spiro atoms. The summed E-state index contributed by atoms with van der Waals surface area (Å²) in [6.07, 6.45) is 1.71. The number of anilines is 1. The monoisotopic (exact) mass is 469 g/mol. The number of fused-ring (bicyclic) bond motifs is 1. The van der Waals surface area contributed by atoms with Crippen LogP contribution < -0.4 is 10.1 Å². The zero-order valence-corrected chi connectivity index (χ0v) is 20.2. The summed E-state index contributed by atoms with van der Waals surface area (Å²) in [4.78, 5) is 33.8. The molecule has 0 saturated carbocycles. The number of nitrogens with one attached hydrogen (secondary N) is 1. The number of aromatic nitrogens is 2. The van der Waals surface area contributed by atoms with E-state index >= 15 is 0 Å². The third kappa shape index (κ3) is 5.46. The van der Waals surface area contributed by atoms with Crippen LogP contribution in [-0.4, -0.2) is 35.6 Å². The summed E-state index contributed by atoms with van der Waals surface area (Å²) >= 11 is 0. The Balaban J connectivity index is 1.56. The van der Waals surface area contributed by atoms with Gasteiger partial charge in [-0.3, -0.25) is 14.6 Å². The Morgan fingerprint density at radius 2 is 1.71 bits per heavy atom. The first-order valence-electron chi connectivity index (χ1n) is 11.2. The van der Waals surface area contributed by atoms with Crippen LogP contribution in [-0.2, 0) is 9.53 Å². The predicted octanol–water partition coefficient (Wildman–Crippen LogP) is 5.44. The zero-order valence-electron chi connectivity index (χ0n) is 20.2. The van der Waals surface area contributed by atoms with E-state index in [2.05, 4.69) is 15.3 Å². The van der Waals surface area contributed by atoms with Crippen molar-refractivity contribution in [1.82, 2.24) is 9.97 Å². The molecule has 1 N–H and O–H groups in total. The summed E-state index contributed by atoms with van der Waals surface area (Å²) < 4.78 is 10.5. The number of amides is 1. The second-order valence-corrected chi connectivity index (χ2v) is 8.91. The second-order valence-electron chi connectivity index (χ2n) is 8.91. The SMILES string of the molecule is COC(=O)C(C)(C)COc1ccc(-c2ccc3c(C(=O)Nc4ccccc4)cc(C)nc3c2)cn1. The molecule has 4 rings (SSSR count). The minimum absolute atomic E-state index is 0.152. The minimum atomic E-state index is -0.776. The molecule has 2 aromatic carbocycles. The van der Waals surface area contributed by atoms with Gasteiger partial charge < -0.3 is 14.8 Å². The van der Waals surface area contributed by atoms with Crippen molar-refractivity contribution in [3.05, 3.63) is 84.2 Å². The van der Waals surface area contributed by atoms with Gasteiger partial charge >= 0.3 is 5.97 Å². The number of pyridine rings is 2. The van der Waals surface area contributed by atoms with E-state index in [-0.39, 0.29) is 18.5 Å². The molecule has 7 heteroatoms. The van der Waals surface area contributed by atoms with Crippen LogP contribution in [0.3, 0.4) is 0 Å². The van der Waals surface area contributed by atoms with Crippen LogP contribution in [0.15, 0.2) is 72.9 Å². The topological polar surface area (TPSA) is 90.4 Å². The van der Waals surface area contributed by atoms with Crippen LogP contribution in [0.2, 0.25) is 0 Å². The van der Waals surface area contributed by atoms with Gasteiger partial charge in [0.15, 0.2) is 0 Å². The number of benzene rings is 2. The Morgan fingerprint density at radius 3 is 2.40 bits per heavy atom. The highest BCUT2D eigenvalue weighted by molar-refractivity contribution is 6.12. The average molecular weight is 470 g/mol. The Morgan fingerprint density at radius 1 is 0.971 bits per heavy atom. The maximum absolute atomic E-state index is 13.0. The number of aryl methyl sites for hydroxylation is 1. The van der Waals surface area contributed by atoms with E-state index < -0.39 is 5.41 Å². The van der Waals surface area contributed by atoms with Crippen molar-refractivity contribution < 1.29 is 19.1 Å². The standard InChI is InChI=1S/C28H27N3O4/c1-18-14-23(26(32)31-21-8-6-5-7-9-21)22-12-10-19(15-24(22)30-18)20-11-13-25(29-16-20)35-17-28(2,3)27(33)34-4/h5-16H,17H2,1-4H3,(H,31,32). The average Bonchev–Trinajstić information content (AvgIpc) is 2.87. The van der Waals surface area contributed by atoms with Gasteiger partial charge in [0.1, 0.15) is 6.61 Å². The molecule has 0 radical (unpaired) electrons. The van der Waals surface area contributed by atoms with E-state index in [1.807, 2.05) is 61.5 Å². The van der Waals surface area contributed by atoms with E-state index in [4.69, 9.17) is 9.47 Å². The maximum Gasteiger partial charge on any atom is 0.314 e. The number of hydrogen-bond donors (Lipinski definition) is 1. The Hall–Kier alpha value is -4.26. The molecule has 4 aromatic rings. The summed E-state index contributed by atoms with van der Waals surface area (Å²) in [5.41, 5.74) is 3.80. The van der Waals surface area contributed by atoms with Crippen LogP contribution in [0.25, 0.3) is 22.0 Å². The van der Waals surface area contributed by atoms with E-state index in [9.17, 15) is 9.59 Å². The van der Waals surface area contributed by atoms with Gasteiger partial charge in [-0.2, -0.15) is 0 Å². The molecule has 0 saturated heterocycles. The van der Waals surface area contributed by atoms with Crippen molar-refractivity contribution >= 4 is 28.5 Å². The molecule has 0 unspecified atom stereocenters. The first kappa shape index (κ1) is 23.9. The molecule has 2 heterocycles. The lowest BCUT2D eigenvalue weighted by Crippen LogP contribution is -2.32. The van der Waals surface area contributed by atoms with Gasteiger partial charge in [0.25, 0.3) is 5.91 Å². The number of ether oxygens (including phenoxy) is 2. The third-order valence-electron chi connectivity index (χ3n) is 5.60. The van der Waals surface area contributed by atoms with Crippen molar-refractivity contribution in [2.24, 2.45) is 5.41 Å². The van der Waals surface area contributed by atoms with Gasteiger partial charge in [0, 0.05) is 34.6 Å². The Kier molecular flexibility index (Phi) is 6.78. The smallest absolute Gasteiger partial charge is 0.314 e. The fourth-order valence-electron chi connectivity index (χ4n) is 3.67. The molecule has 0 aliphatic heterocycles. The normalized spacial score (nSPS) is 11.2. The van der Waals surface area contributed by atoms with Gasteiger partial charge in [0.2, 0.25) is 5.88 Å². The van der Waals surface area contributed by atoms with E-state index in [0.29, 0.717) is 11.4 Å². The van der Waals surface area contributed by atoms with Gasteiger partial charge in [-0.05, 0) is 56.7 Å². The predicted molar refractivity (Wildman–Crippen MR) is 135 cm³/mol. The number of hydrogen-bond acceptors (Lipinski definition) is 6. The summed E-state index contributed by atoms with van der Waals surface area (Å²) in [5, 5.41) is 3.71. The number of rotatable bonds is 7. The molecular weight excluding hydrogens is 442 g/mol. The van der Waals surface area contributed by atoms with E-state index in [1.165, 1.54) is 7.11 Å². The lowest BCUT2D eigenvalue weighted by atomic mass is 9.95. The molecule has 1 amide bonds.